The van der Waals surface area contributed by atoms with Crippen molar-refractivity contribution in [2.24, 2.45) is 4.99 Å². The van der Waals surface area contributed by atoms with E-state index in [0.29, 0.717) is 43.2 Å². The second kappa shape index (κ2) is 9.52. The van der Waals surface area contributed by atoms with E-state index in [1.807, 2.05) is 18.2 Å². The molecule has 5 nitrogen and oxygen atoms in total. The number of ether oxygens (including phenoxy) is 1. The molecule has 0 unspecified atom stereocenters. The van der Waals surface area contributed by atoms with Crippen molar-refractivity contribution < 1.29 is 14.2 Å². The topological polar surface area (TPSA) is 65.9 Å². The van der Waals surface area contributed by atoms with Crippen molar-refractivity contribution in [3.05, 3.63) is 59.4 Å². The highest BCUT2D eigenvalue weighted by Gasteiger charge is 2.05. The van der Waals surface area contributed by atoms with E-state index in [1.54, 1.807) is 32.4 Å². The molecule has 0 atom stereocenters. The second-order valence-electron chi connectivity index (χ2n) is 5.51. The number of guanidine groups is 1. The lowest BCUT2D eigenvalue weighted by Gasteiger charge is -2.13. The Morgan fingerprint density at radius 2 is 1.76 bits per heavy atom. The zero-order valence-corrected chi connectivity index (χ0v) is 14.6. The highest BCUT2D eigenvalue weighted by molar-refractivity contribution is 5.79. The Hall–Kier alpha value is -2.76. The van der Waals surface area contributed by atoms with Crippen molar-refractivity contribution in [3.8, 4) is 11.5 Å². The summed E-state index contributed by atoms with van der Waals surface area (Å²) in [6.07, 6.45) is 1.22. The Bertz CT molecular complexity index is 720. The molecule has 0 amide bonds. The van der Waals surface area contributed by atoms with Crippen molar-refractivity contribution in [1.82, 2.24) is 10.6 Å². The molecule has 0 heterocycles. The van der Waals surface area contributed by atoms with E-state index in [0.717, 1.165) is 5.56 Å². The molecule has 0 aliphatic carbocycles. The molecule has 134 valence electrons. The van der Waals surface area contributed by atoms with Gasteiger partial charge in [-0.1, -0.05) is 24.3 Å². The maximum Gasteiger partial charge on any atom is 0.190 e. The summed E-state index contributed by atoms with van der Waals surface area (Å²) in [6.45, 7) is 1.19. The van der Waals surface area contributed by atoms with Gasteiger partial charge in [-0.15, -0.1) is 0 Å². The Balaban J connectivity index is 1.76. The molecule has 0 saturated carbocycles. The highest BCUT2D eigenvalue weighted by atomic mass is 19.1. The predicted molar refractivity (Wildman–Crippen MR) is 97.8 cm³/mol. The molecule has 0 spiro atoms. The van der Waals surface area contributed by atoms with Crippen LogP contribution in [0.5, 0.6) is 11.5 Å². The van der Waals surface area contributed by atoms with Crippen LogP contribution in [0.15, 0.2) is 47.5 Å². The van der Waals surface area contributed by atoms with Crippen molar-refractivity contribution in [2.75, 3.05) is 27.2 Å². The van der Waals surface area contributed by atoms with Crippen LogP contribution in [-0.2, 0) is 12.8 Å². The third kappa shape index (κ3) is 5.67. The fourth-order valence-electron chi connectivity index (χ4n) is 2.43. The first-order valence-electron chi connectivity index (χ1n) is 8.18. The van der Waals surface area contributed by atoms with E-state index in [9.17, 15) is 9.50 Å². The van der Waals surface area contributed by atoms with Gasteiger partial charge in [-0.05, 0) is 36.1 Å². The van der Waals surface area contributed by atoms with Gasteiger partial charge < -0.3 is 20.5 Å². The minimum Gasteiger partial charge on any atom is -0.508 e. The highest BCUT2D eigenvalue weighted by Crippen LogP contribution is 2.23. The lowest BCUT2D eigenvalue weighted by Crippen LogP contribution is -2.39. The molecule has 0 aliphatic rings. The Morgan fingerprint density at radius 3 is 2.36 bits per heavy atom. The zero-order valence-electron chi connectivity index (χ0n) is 14.6. The number of phenols is 1. The van der Waals surface area contributed by atoms with E-state index in [4.69, 9.17) is 4.74 Å². The molecule has 2 rings (SSSR count). The molecule has 2 aromatic carbocycles. The smallest absolute Gasteiger partial charge is 0.190 e. The molecule has 25 heavy (non-hydrogen) atoms. The minimum atomic E-state index is -0.192. The van der Waals surface area contributed by atoms with Gasteiger partial charge in [-0.2, -0.15) is 0 Å². The Kier molecular flexibility index (Phi) is 7.07. The van der Waals surface area contributed by atoms with Crippen LogP contribution in [0.2, 0.25) is 0 Å². The van der Waals surface area contributed by atoms with Crippen molar-refractivity contribution in [3.63, 3.8) is 0 Å². The standard InChI is InChI=1S/C19H24FN3O2/c1-21-19(22-11-9-14-5-3-4-6-17(14)20)23-12-10-15-7-8-16(25-2)13-18(15)24/h3-8,13,24H,9-12H2,1-2H3,(H2,21,22,23). The van der Waals surface area contributed by atoms with E-state index >= 15 is 0 Å². The van der Waals surface area contributed by atoms with Crippen LogP contribution in [0, 0.1) is 5.82 Å². The van der Waals surface area contributed by atoms with E-state index in [-0.39, 0.29) is 11.6 Å². The number of hydrogen-bond donors (Lipinski definition) is 3. The van der Waals surface area contributed by atoms with Gasteiger partial charge in [0.1, 0.15) is 17.3 Å². The summed E-state index contributed by atoms with van der Waals surface area (Å²) in [6, 6.07) is 12.0. The molecular formula is C19H24FN3O2. The van der Waals surface area contributed by atoms with Crippen molar-refractivity contribution >= 4 is 5.96 Å². The molecule has 0 saturated heterocycles. The molecule has 0 aromatic heterocycles. The maximum atomic E-state index is 13.6. The summed E-state index contributed by atoms with van der Waals surface area (Å²) >= 11 is 0. The summed E-state index contributed by atoms with van der Waals surface area (Å²) in [7, 11) is 3.25. The molecule has 2 aromatic rings. The van der Waals surface area contributed by atoms with Crippen LogP contribution in [0.3, 0.4) is 0 Å². The fourth-order valence-corrected chi connectivity index (χ4v) is 2.43. The minimum absolute atomic E-state index is 0.192. The summed E-state index contributed by atoms with van der Waals surface area (Å²) < 4.78 is 18.6. The van der Waals surface area contributed by atoms with Gasteiger partial charge in [0.05, 0.1) is 7.11 Å². The summed E-state index contributed by atoms with van der Waals surface area (Å²) in [4.78, 5) is 4.14. The Labute approximate surface area is 147 Å². The molecule has 6 heteroatoms. The van der Waals surface area contributed by atoms with Crippen LogP contribution < -0.4 is 15.4 Å². The normalized spacial score (nSPS) is 11.2. The lowest BCUT2D eigenvalue weighted by molar-refractivity contribution is 0.406. The number of aliphatic imine (C=N–C) groups is 1. The number of benzene rings is 2. The average Bonchev–Trinajstić information content (AvgIpc) is 2.63. The molecule has 0 radical (unpaired) electrons. The van der Waals surface area contributed by atoms with Gasteiger partial charge >= 0.3 is 0 Å². The largest absolute Gasteiger partial charge is 0.508 e. The van der Waals surface area contributed by atoms with Gasteiger partial charge in [0, 0.05) is 26.2 Å². The molecule has 0 fully saturated rings. The number of phenolic OH excluding ortho intramolecular Hbond substituents is 1. The van der Waals surface area contributed by atoms with Gasteiger partial charge in [0.25, 0.3) is 0 Å². The number of halogens is 1. The second-order valence-corrected chi connectivity index (χ2v) is 5.51. The molecule has 3 N–H and O–H groups in total. The monoisotopic (exact) mass is 345 g/mol. The SMILES string of the molecule is CN=C(NCCc1ccc(OC)cc1O)NCCc1ccccc1F. The quantitative estimate of drug-likeness (QED) is 0.533. The Morgan fingerprint density at radius 1 is 1.08 bits per heavy atom. The van der Waals surface area contributed by atoms with Crippen molar-refractivity contribution in [1.29, 1.82) is 0 Å². The van der Waals surface area contributed by atoms with Crippen LogP contribution >= 0.6 is 0 Å². The number of nitrogens with zero attached hydrogens (tertiary/aromatic N) is 1. The molecule has 0 bridgehead atoms. The van der Waals surface area contributed by atoms with E-state index in [2.05, 4.69) is 15.6 Å². The van der Waals surface area contributed by atoms with Gasteiger partial charge in [0.15, 0.2) is 5.96 Å². The zero-order chi connectivity index (χ0) is 18.1. The van der Waals surface area contributed by atoms with Gasteiger partial charge in [-0.25, -0.2) is 4.39 Å². The first kappa shape index (κ1) is 18.6. The maximum absolute atomic E-state index is 13.6. The van der Waals surface area contributed by atoms with Gasteiger partial charge in [0.2, 0.25) is 0 Å². The number of nitrogens with one attached hydrogen (secondary N) is 2. The van der Waals surface area contributed by atoms with Crippen LogP contribution in [-0.4, -0.2) is 38.3 Å². The fraction of sp³-hybridized carbons (Fsp3) is 0.316. The summed E-state index contributed by atoms with van der Waals surface area (Å²) in [5.41, 5.74) is 1.50. The lowest BCUT2D eigenvalue weighted by atomic mass is 10.1. The number of aromatic hydroxyl groups is 1. The number of rotatable bonds is 7. The van der Waals surface area contributed by atoms with Gasteiger partial charge in [-0.3, -0.25) is 4.99 Å². The average molecular weight is 345 g/mol. The third-order valence-corrected chi connectivity index (χ3v) is 3.85. The molecule has 0 aliphatic heterocycles. The first-order valence-corrected chi connectivity index (χ1v) is 8.18. The van der Waals surface area contributed by atoms with E-state index in [1.165, 1.54) is 6.07 Å². The van der Waals surface area contributed by atoms with Crippen LogP contribution in [0.25, 0.3) is 0 Å². The third-order valence-electron chi connectivity index (χ3n) is 3.85. The first-order chi connectivity index (χ1) is 12.1. The predicted octanol–water partition coefficient (Wildman–Crippen LogP) is 2.49. The van der Waals surface area contributed by atoms with Crippen molar-refractivity contribution in [2.45, 2.75) is 12.8 Å². The van der Waals surface area contributed by atoms with Crippen LogP contribution in [0.4, 0.5) is 4.39 Å². The number of hydrogen-bond acceptors (Lipinski definition) is 3. The van der Waals surface area contributed by atoms with Crippen LogP contribution in [0.1, 0.15) is 11.1 Å². The van der Waals surface area contributed by atoms with E-state index < -0.39 is 0 Å². The summed E-state index contributed by atoms with van der Waals surface area (Å²) in [5.74, 6) is 1.29. The molecular weight excluding hydrogens is 321 g/mol. The number of methoxy groups -OCH3 is 1. The summed E-state index contributed by atoms with van der Waals surface area (Å²) in [5, 5.41) is 16.3.